The van der Waals surface area contributed by atoms with Crippen LogP contribution in [0.1, 0.15) is 209 Å². The largest absolute Gasteiger partial charge is 0.507 e. The number of ether oxygens (including phenoxy) is 6. The summed E-state index contributed by atoms with van der Waals surface area (Å²) in [7, 11) is 0. The topological polar surface area (TPSA) is 189 Å². The second-order valence-electron chi connectivity index (χ2n) is 23.0. The van der Waals surface area contributed by atoms with Crippen LogP contribution in [0, 0.1) is 0 Å². The van der Waals surface area contributed by atoms with Crippen molar-refractivity contribution in [1.29, 1.82) is 0 Å². The van der Waals surface area contributed by atoms with Crippen LogP contribution in [0.3, 0.4) is 0 Å². The fraction of sp³-hybridized carbons (Fsp3) is 0.395. The molecule has 0 heterocycles. The summed E-state index contributed by atoms with van der Waals surface area (Å²) in [5, 5.41) is 21.0. The SMILES string of the molecule is C=CC(=O)OCCCCCCCCCCOc1ccc(C(=O)Oc2ccc(C=Nc3ccc(C4CCCC4)cc3)c(O)c2)cc1.C=CC(=O)OCCCCCCCCCCOc1ccc(C(=O)Oc2ccc(C=Nc3ccc(C4CCCC4)cc3)c(O)c2)cc1.[Cu]. The fourth-order valence-electron chi connectivity index (χ4n) is 10.9. The summed E-state index contributed by atoms with van der Waals surface area (Å²) < 4.78 is 32.6. The number of aliphatic imine (C=N–C) groups is 2. The van der Waals surface area contributed by atoms with Crippen LogP contribution in [0.15, 0.2) is 169 Å². The molecule has 91 heavy (non-hydrogen) atoms. The Morgan fingerprint density at radius 3 is 1.03 bits per heavy atom. The third-order valence-corrected chi connectivity index (χ3v) is 16.2. The Morgan fingerprint density at radius 1 is 0.407 bits per heavy atom. The summed E-state index contributed by atoms with van der Waals surface area (Å²) in [5.74, 6) is 1.49. The zero-order valence-electron chi connectivity index (χ0n) is 52.6. The van der Waals surface area contributed by atoms with Gasteiger partial charge in [0.25, 0.3) is 0 Å². The first-order valence-electron chi connectivity index (χ1n) is 32.5. The molecular weight excluding hydrogens is 1200 g/mol. The van der Waals surface area contributed by atoms with E-state index in [1.165, 1.54) is 112 Å². The Hall–Kier alpha value is -8.26. The number of phenols is 2. The molecule has 0 aromatic heterocycles. The van der Waals surface area contributed by atoms with E-state index in [2.05, 4.69) is 47.4 Å². The molecule has 0 bridgehead atoms. The minimum Gasteiger partial charge on any atom is -0.507 e. The molecule has 8 rings (SSSR count). The first kappa shape index (κ1) is 71.8. The molecule has 2 fully saturated rings. The average molecular weight is 1290 g/mol. The quantitative estimate of drug-likeness (QED) is 0.00947. The number of hydrogen-bond donors (Lipinski definition) is 2. The van der Waals surface area contributed by atoms with Crippen LogP contribution in [0.25, 0.3) is 0 Å². The Labute approximate surface area is 548 Å². The zero-order chi connectivity index (χ0) is 63.4. The van der Waals surface area contributed by atoms with Crippen molar-refractivity contribution < 1.29 is 74.9 Å². The van der Waals surface area contributed by atoms with E-state index in [0.29, 0.717) is 72.0 Å². The Balaban J connectivity index is 0.000000286. The van der Waals surface area contributed by atoms with Gasteiger partial charge in [0.1, 0.15) is 34.5 Å². The average Bonchev–Trinajstić information content (AvgIpc) is 3.53. The van der Waals surface area contributed by atoms with Crippen LogP contribution in [0.4, 0.5) is 11.4 Å². The number of rotatable bonds is 36. The summed E-state index contributed by atoms with van der Waals surface area (Å²) in [6.07, 6.45) is 33.3. The third-order valence-electron chi connectivity index (χ3n) is 16.2. The van der Waals surface area contributed by atoms with Crippen LogP contribution >= 0.6 is 0 Å². The maximum absolute atomic E-state index is 12.7. The number of phenolic OH excluding ortho intramolecular Hbond substituents is 2. The predicted molar refractivity (Wildman–Crippen MR) is 356 cm³/mol. The minimum absolute atomic E-state index is 0. The summed E-state index contributed by atoms with van der Waals surface area (Å²) in [6.45, 7) is 8.95. The molecule has 1 radical (unpaired) electrons. The van der Waals surface area contributed by atoms with Gasteiger partial charge in [-0.25, -0.2) is 19.2 Å². The molecule has 0 saturated heterocycles. The van der Waals surface area contributed by atoms with Crippen molar-refractivity contribution in [2.75, 3.05) is 26.4 Å². The van der Waals surface area contributed by atoms with Crippen molar-refractivity contribution >= 4 is 47.7 Å². The number of carbonyl (C=O) groups excluding carboxylic acids is 4. The minimum atomic E-state index is -0.512. The maximum atomic E-state index is 12.7. The normalized spacial score (nSPS) is 13.0. The molecule has 2 aliphatic rings. The van der Waals surface area contributed by atoms with E-state index in [9.17, 15) is 29.4 Å². The van der Waals surface area contributed by atoms with Gasteiger partial charge in [-0.15, -0.1) is 0 Å². The van der Waals surface area contributed by atoms with Gasteiger partial charge in [-0.2, -0.15) is 0 Å². The molecule has 2 N–H and O–H groups in total. The molecule has 2 aliphatic carbocycles. The summed E-state index contributed by atoms with van der Waals surface area (Å²) in [6, 6.07) is 39.9. The summed E-state index contributed by atoms with van der Waals surface area (Å²) in [4.78, 5) is 56.3. The van der Waals surface area contributed by atoms with Crippen LogP contribution in [0.5, 0.6) is 34.5 Å². The van der Waals surface area contributed by atoms with E-state index < -0.39 is 11.9 Å². The zero-order valence-corrected chi connectivity index (χ0v) is 53.5. The third kappa shape index (κ3) is 26.6. The van der Waals surface area contributed by atoms with Crippen LogP contribution in [-0.4, -0.2) is 72.9 Å². The van der Waals surface area contributed by atoms with Crippen molar-refractivity contribution in [3.05, 3.63) is 192 Å². The molecular formula is C76H90CuN2O12. The fourth-order valence-corrected chi connectivity index (χ4v) is 10.9. The molecule has 487 valence electrons. The number of hydrogen-bond acceptors (Lipinski definition) is 14. The van der Waals surface area contributed by atoms with E-state index >= 15 is 0 Å². The number of unbranched alkanes of at least 4 members (excludes halogenated alkanes) is 14. The number of nitrogens with zero attached hydrogens (tertiary/aromatic N) is 2. The first-order chi connectivity index (χ1) is 44.0. The molecule has 6 aromatic carbocycles. The van der Waals surface area contributed by atoms with Gasteiger partial charge >= 0.3 is 23.9 Å². The van der Waals surface area contributed by atoms with E-state index in [-0.39, 0.29) is 52.0 Å². The van der Waals surface area contributed by atoms with Gasteiger partial charge in [0, 0.05) is 64.9 Å². The molecule has 0 atom stereocenters. The monoisotopic (exact) mass is 1290 g/mol. The maximum Gasteiger partial charge on any atom is 0.343 e. The molecule has 0 amide bonds. The smallest absolute Gasteiger partial charge is 0.343 e. The predicted octanol–water partition coefficient (Wildman–Crippen LogP) is 18.5. The Kier molecular flexibility index (Phi) is 32.5. The van der Waals surface area contributed by atoms with Crippen molar-refractivity contribution in [1.82, 2.24) is 0 Å². The van der Waals surface area contributed by atoms with Gasteiger partial charge in [0.2, 0.25) is 0 Å². The van der Waals surface area contributed by atoms with Gasteiger partial charge in [-0.05, 0) is 171 Å². The number of aromatic hydroxyl groups is 2. The van der Waals surface area contributed by atoms with Gasteiger partial charge in [-0.3, -0.25) is 9.98 Å². The van der Waals surface area contributed by atoms with Crippen molar-refractivity contribution in [3.8, 4) is 34.5 Å². The first-order valence-corrected chi connectivity index (χ1v) is 32.5. The molecule has 0 spiro atoms. The van der Waals surface area contributed by atoms with E-state index in [1.807, 2.05) is 24.3 Å². The standard InChI is InChI=1S/2C38H45NO6.Cu/c2*1-2-37(41)44-26-12-8-6-4-3-5-7-11-25-43-34-22-17-31(18-23-34)38(42)45-35-24-19-32(36(40)27-35)28-39-33-20-15-30(16-21-33)29-13-9-10-14-29;/h2*2,15-24,27-29,40H,1,3-14,25-26H2;. The van der Waals surface area contributed by atoms with E-state index in [0.717, 1.165) is 88.4 Å². The van der Waals surface area contributed by atoms with E-state index in [1.54, 1.807) is 85.2 Å². The molecule has 0 aliphatic heterocycles. The molecule has 6 aromatic rings. The molecule has 0 unspecified atom stereocenters. The number of carbonyl (C=O) groups is 4. The number of esters is 4. The van der Waals surface area contributed by atoms with Gasteiger partial charge < -0.3 is 38.6 Å². The number of benzene rings is 6. The second kappa shape index (κ2) is 41.2. The summed E-state index contributed by atoms with van der Waals surface area (Å²) in [5.41, 5.74) is 6.26. The van der Waals surface area contributed by atoms with E-state index in [4.69, 9.17) is 28.4 Å². The van der Waals surface area contributed by atoms with Gasteiger partial charge in [-0.1, -0.05) is 140 Å². The Bertz CT molecular complexity index is 3010. The van der Waals surface area contributed by atoms with Crippen LogP contribution in [0.2, 0.25) is 0 Å². The molecule has 15 heteroatoms. The van der Waals surface area contributed by atoms with Crippen LogP contribution in [-0.2, 0) is 36.1 Å². The van der Waals surface area contributed by atoms with Crippen molar-refractivity contribution in [3.63, 3.8) is 0 Å². The Morgan fingerprint density at radius 2 is 0.714 bits per heavy atom. The second-order valence-corrected chi connectivity index (χ2v) is 23.0. The van der Waals surface area contributed by atoms with Crippen LogP contribution < -0.4 is 18.9 Å². The van der Waals surface area contributed by atoms with Gasteiger partial charge in [0.15, 0.2) is 0 Å². The molecule has 2 saturated carbocycles. The van der Waals surface area contributed by atoms with Gasteiger partial charge in [0.05, 0.1) is 48.9 Å². The van der Waals surface area contributed by atoms with Crippen molar-refractivity contribution in [2.24, 2.45) is 9.98 Å². The van der Waals surface area contributed by atoms with Crippen molar-refractivity contribution in [2.45, 2.75) is 166 Å². The molecule has 14 nitrogen and oxygen atoms in total. The summed E-state index contributed by atoms with van der Waals surface area (Å²) >= 11 is 0.